The molecule has 0 saturated heterocycles. The van der Waals surface area contributed by atoms with Gasteiger partial charge in [0.05, 0.1) is 31.0 Å². The second-order valence-corrected chi connectivity index (χ2v) is 6.94. The average molecular weight is 388 g/mol. The van der Waals surface area contributed by atoms with E-state index in [0.29, 0.717) is 5.69 Å². The van der Waals surface area contributed by atoms with Crippen molar-refractivity contribution in [3.63, 3.8) is 0 Å². The summed E-state index contributed by atoms with van der Waals surface area (Å²) in [5.74, 6) is 1.85. The predicted octanol–water partition coefficient (Wildman–Crippen LogP) is 3.91. The lowest BCUT2D eigenvalue weighted by atomic mass is 10.2. The molecule has 29 heavy (non-hydrogen) atoms. The van der Waals surface area contributed by atoms with Crippen LogP contribution in [0.1, 0.15) is 16.4 Å². The third-order valence-electron chi connectivity index (χ3n) is 5.17. The lowest BCUT2D eigenvalue weighted by molar-refractivity contribution is 0.0996. The number of methoxy groups -OCH3 is 1. The van der Waals surface area contributed by atoms with Crippen LogP contribution in [0.15, 0.2) is 65.3 Å². The van der Waals surface area contributed by atoms with Crippen LogP contribution in [0, 0.1) is 0 Å². The van der Waals surface area contributed by atoms with Crippen LogP contribution in [-0.2, 0) is 13.1 Å². The van der Waals surface area contributed by atoms with E-state index < -0.39 is 0 Å². The number of imidazole rings is 1. The van der Waals surface area contributed by atoms with Gasteiger partial charge in [0.25, 0.3) is 5.91 Å². The molecule has 0 radical (unpaired) electrons. The molecule has 1 aliphatic rings. The zero-order valence-electron chi connectivity index (χ0n) is 16.0. The molecule has 4 aromatic rings. The van der Waals surface area contributed by atoms with Crippen LogP contribution < -0.4 is 15.0 Å². The van der Waals surface area contributed by atoms with Crippen molar-refractivity contribution in [3.8, 4) is 5.75 Å². The Morgan fingerprint density at radius 3 is 2.90 bits per heavy atom. The summed E-state index contributed by atoms with van der Waals surface area (Å²) in [6, 6.07) is 17.2. The molecule has 2 aromatic heterocycles. The van der Waals surface area contributed by atoms with E-state index in [0.717, 1.165) is 47.9 Å². The molecule has 3 heterocycles. The Morgan fingerprint density at radius 1 is 1.14 bits per heavy atom. The number of nitrogens with one attached hydrogen (secondary N) is 1. The third-order valence-corrected chi connectivity index (χ3v) is 5.17. The first-order valence-corrected chi connectivity index (χ1v) is 9.44. The minimum atomic E-state index is -0.275. The van der Waals surface area contributed by atoms with Gasteiger partial charge in [-0.15, -0.1) is 0 Å². The molecule has 0 unspecified atom stereocenters. The molecular weight excluding hydrogens is 368 g/mol. The highest BCUT2D eigenvalue weighted by atomic mass is 16.5. The van der Waals surface area contributed by atoms with E-state index in [-0.39, 0.29) is 11.7 Å². The van der Waals surface area contributed by atoms with Crippen molar-refractivity contribution in [3.05, 3.63) is 72.4 Å². The van der Waals surface area contributed by atoms with Gasteiger partial charge in [0.2, 0.25) is 0 Å². The van der Waals surface area contributed by atoms with Gasteiger partial charge in [0, 0.05) is 30.5 Å². The number of hydrogen-bond acceptors (Lipinski definition) is 5. The molecule has 0 spiro atoms. The van der Waals surface area contributed by atoms with Gasteiger partial charge in [-0.3, -0.25) is 4.79 Å². The SMILES string of the molecule is COc1cccc(N2CCn3c(nc4cc(NC(=O)c5ccco5)ccc43)C2)c1. The lowest BCUT2D eigenvalue weighted by Gasteiger charge is -2.30. The molecule has 146 valence electrons. The van der Waals surface area contributed by atoms with Crippen molar-refractivity contribution in [2.75, 3.05) is 23.9 Å². The first-order chi connectivity index (χ1) is 14.2. The molecule has 2 aromatic carbocycles. The Morgan fingerprint density at radius 2 is 2.07 bits per heavy atom. The topological polar surface area (TPSA) is 72.5 Å². The minimum absolute atomic E-state index is 0.275. The fourth-order valence-electron chi connectivity index (χ4n) is 3.73. The van der Waals surface area contributed by atoms with Crippen molar-refractivity contribution >= 4 is 28.3 Å². The zero-order valence-corrected chi connectivity index (χ0v) is 16.0. The van der Waals surface area contributed by atoms with Crippen LogP contribution >= 0.6 is 0 Å². The molecule has 1 amide bonds. The Labute approximate surface area is 167 Å². The normalized spacial score (nSPS) is 13.3. The molecule has 0 aliphatic carbocycles. The number of benzene rings is 2. The van der Waals surface area contributed by atoms with Crippen molar-refractivity contribution in [1.82, 2.24) is 9.55 Å². The van der Waals surface area contributed by atoms with Gasteiger partial charge in [-0.25, -0.2) is 4.98 Å². The Kier molecular flexibility index (Phi) is 4.20. The summed E-state index contributed by atoms with van der Waals surface area (Å²) < 4.78 is 12.7. The molecule has 0 saturated carbocycles. The van der Waals surface area contributed by atoms with Gasteiger partial charge >= 0.3 is 0 Å². The van der Waals surface area contributed by atoms with Crippen LogP contribution in [0.2, 0.25) is 0 Å². The maximum Gasteiger partial charge on any atom is 0.291 e. The maximum atomic E-state index is 12.2. The number of anilines is 2. The maximum absolute atomic E-state index is 12.2. The van der Waals surface area contributed by atoms with E-state index in [1.807, 2.05) is 36.4 Å². The molecular formula is C22H20N4O3. The van der Waals surface area contributed by atoms with Crippen LogP contribution in [0.3, 0.4) is 0 Å². The molecule has 1 N–H and O–H groups in total. The van der Waals surface area contributed by atoms with Crippen molar-refractivity contribution < 1.29 is 13.9 Å². The number of hydrogen-bond donors (Lipinski definition) is 1. The quantitative estimate of drug-likeness (QED) is 0.574. The summed E-state index contributed by atoms with van der Waals surface area (Å²) in [6.07, 6.45) is 1.48. The first-order valence-electron chi connectivity index (χ1n) is 9.44. The first kappa shape index (κ1) is 17.4. The van der Waals surface area contributed by atoms with Crippen LogP contribution in [-0.4, -0.2) is 29.1 Å². The number of fused-ring (bicyclic) bond motifs is 3. The van der Waals surface area contributed by atoms with Crippen LogP contribution in [0.5, 0.6) is 5.75 Å². The largest absolute Gasteiger partial charge is 0.497 e. The number of ether oxygens (including phenoxy) is 1. The van der Waals surface area contributed by atoms with Gasteiger partial charge in [0.15, 0.2) is 5.76 Å². The highest BCUT2D eigenvalue weighted by Gasteiger charge is 2.21. The smallest absolute Gasteiger partial charge is 0.291 e. The Bertz CT molecular complexity index is 1180. The number of carbonyl (C=O) groups excluding carboxylic acids is 1. The monoisotopic (exact) mass is 388 g/mol. The van der Waals surface area contributed by atoms with Gasteiger partial charge in [-0.2, -0.15) is 0 Å². The molecule has 1 aliphatic heterocycles. The molecule has 7 heteroatoms. The number of carbonyl (C=O) groups is 1. The van der Waals surface area contributed by atoms with Crippen molar-refractivity contribution in [1.29, 1.82) is 0 Å². The standard InChI is InChI=1S/C22H20N4O3/c1-28-17-5-2-4-16(13-17)25-9-10-26-19-8-7-15(12-18(19)24-21(26)14-25)23-22(27)20-6-3-11-29-20/h2-8,11-13H,9-10,14H2,1H3,(H,23,27). The van der Waals surface area contributed by atoms with E-state index in [2.05, 4.69) is 20.9 Å². The number of amides is 1. The molecule has 0 atom stereocenters. The summed E-state index contributed by atoms with van der Waals surface area (Å²) in [6.45, 7) is 2.46. The summed E-state index contributed by atoms with van der Waals surface area (Å²) in [5.41, 5.74) is 3.75. The second-order valence-electron chi connectivity index (χ2n) is 6.94. The second kappa shape index (κ2) is 7.01. The summed E-state index contributed by atoms with van der Waals surface area (Å²) in [7, 11) is 1.68. The van der Waals surface area contributed by atoms with Gasteiger partial charge < -0.3 is 23.9 Å². The van der Waals surface area contributed by atoms with E-state index in [1.165, 1.54) is 6.26 Å². The fraction of sp³-hybridized carbons (Fsp3) is 0.182. The number of nitrogens with zero attached hydrogens (tertiary/aromatic N) is 3. The summed E-state index contributed by atoms with van der Waals surface area (Å²) in [4.78, 5) is 19.3. The summed E-state index contributed by atoms with van der Waals surface area (Å²) >= 11 is 0. The van der Waals surface area contributed by atoms with E-state index in [9.17, 15) is 4.79 Å². The molecule has 7 nitrogen and oxygen atoms in total. The van der Waals surface area contributed by atoms with E-state index >= 15 is 0 Å². The fourth-order valence-corrected chi connectivity index (χ4v) is 3.73. The number of rotatable bonds is 4. The number of aromatic nitrogens is 2. The Hall–Kier alpha value is -3.74. The van der Waals surface area contributed by atoms with E-state index in [4.69, 9.17) is 14.1 Å². The molecule has 0 fully saturated rings. The number of furan rings is 1. The van der Waals surface area contributed by atoms with Gasteiger partial charge in [-0.05, 0) is 42.5 Å². The third kappa shape index (κ3) is 3.20. The summed E-state index contributed by atoms with van der Waals surface area (Å²) in [5, 5.41) is 2.86. The van der Waals surface area contributed by atoms with Crippen LogP contribution in [0.25, 0.3) is 11.0 Å². The molecule has 0 bridgehead atoms. The zero-order chi connectivity index (χ0) is 19.8. The molecule has 5 rings (SSSR count). The van der Waals surface area contributed by atoms with Crippen molar-refractivity contribution in [2.45, 2.75) is 13.1 Å². The average Bonchev–Trinajstić information content (AvgIpc) is 3.41. The van der Waals surface area contributed by atoms with Gasteiger partial charge in [-0.1, -0.05) is 6.07 Å². The minimum Gasteiger partial charge on any atom is -0.497 e. The van der Waals surface area contributed by atoms with Crippen LogP contribution in [0.4, 0.5) is 11.4 Å². The highest BCUT2D eigenvalue weighted by Crippen LogP contribution is 2.28. The Balaban J connectivity index is 1.40. The lowest BCUT2D eigenvalue weighted by Crippen LogP contribution is -2.33. The van der Waals surface area contributed by atoms with Gasteiger partial charge in [0.1, 0.15) is 11.6 Å². The van der Waals surface area contributed by atoms with Crippen molar-refractivity contribution in [2.24, 2.45) is 0 Å². The highest BCUT2D eigenvalue weighted by molar-refractivity contribution is 6.03. The predicted molar refractivity (Wildman–Crippen MR) is 110 cm³/mol. The van der Waals surface area contributed by atoms with E-state index in [1.54, 1.807) is 19.2 Å².